The molecular formula is C13H21N3O4S. The number of carbonyl (C=O) groups excluding carboxylic acids is 2. The average Bonchev–Trinajstić information content (AvgIpc) is 2.86. The van der Waals surface area contributed by atoms with Gasteiger partial charge in [-0.1, -0.05) is 0 Å². The van der Waals surface area contributed by atoms with Gasteiger partial charge in [-0.15, -0.1) is 11.8 Å². The number of esters is 1. The summed E-state index contributed by atoms with van der Waals surface area (Å²) in [5.74, 6) is -0.382. The Kier molecular flexibility index (Phi) is 7.84. The van der Waals surface area contributed by atoms with Gasteiger partial charge >= 0.3 is 5.97 Å². The summed E-state index contributed by atoms with van der Waals surface area (Å²) >= 11 is 1.31. The second-order valence-corrected chi connectivity index (χ2v) is 5.00. The summed E-state index contributed by atoms with van der Waals surface area (Å²) in [4.78, 5) is 23.8. The number of rotatable bonds is 9. The van der Waals surface area contributed by atoms with Gasteiger partial charge in [0.1, 0.15) is 16.4 Å². The van der Waals surface area contributed by atoms with E-state index in [1.807, 2.05) is 0 Å². The molecule has 0 fully saturated rings. The van der Waals surface area contributed by atoms with E-state index < -0.39 is 5.97 Å². The number of hydrogen-bond donors (Lipinski definition) is 2. The van der Waals surface area contributed by atoms with Crippen molar-refractivity contribution in [3.8, 4) is 0 Å². The lowest BCUT2D eigenvalue weighted by Crippen LogP contribution is -2.15. The van der Waals surface area contributed by atoms with Crippen molar-refractivity contribution in [2.45, 2.75) is 31.2 Å². The quantitative estimate of drug-likeness (QED) is 0.411. The Morgan fingerprint density at radius 2 is 2.14 bits per heavy atom. The van der Waals surface area contributed by atoms with E-state index in [0.29, 0.717) is 18.1 Å². The maximum atomic E-state index is 11.9. The largest absolute Gasteiger partial charge is 0.462 e. The van der Waals surface area contributed by atoms with E-state index in [-0.39, 0.29) is 23.9 Å². The third-order valence-electron chi connectivity index (χ3n) is 2.67. The lowest BCUT2D eigenvalue weighted by molar-refractivity contribution is -0.116. The van der Waals surface area contributed by atoms with Gasteiger partial charge in [-0.3, -0.25) is 9.89 Å². The summed E-state index contributed by atoms with van der Waals surface area (Å²) in [5, 5.41) is 9.84. The molecule has 0 bridgehead atoms. The summed E-state index contributed by atoms with van der Waals surface area (Å²) in [6.45, 7) is 2.62. The number of aromatic amines is 1. The van der Waals surface area contributed by atoms with Crippen molar-refractivity contribution in [1.82, 2.24) is 10.2 Å². The van der Waals surface area contributed by atoms with Crippen molar-refractivity contribution < 1.29 is 19.1 Å². The molecule has 0 spiro atoms. The van der Waals surface area contributed by atoms with Crippen molar-refractivity contribution in [2.75, 3.05) is 31.9 Å². The van der Waals surface area contributed by atoms with Gasteiger partial charge in [0.05, 0.1) is 6.61 Å². The van der Waals surface area contributed by atoms with Crippen LogP contribution in [-0.4, -0.2) is 48.7 Å². The molecule has 1 aromatic rings. The monoisotopic (exact) mass is 315 g/mol. The number of nitrogens with one attached hydrogen (secondary N) is 2. The van der Waals surface area contributed by atoms with E-state index in [0.717, 1.165) is 12.8 Å². The molecule has 0 atom stereocenters. The van der Waals surface area contributed by atoms with Crippen LogP contribution >= 0.6 is 11.8 Å². The average molecular weight is 315 g/mol. The summed E-state index contributed by atoms with van der Waals surface area (Å²) in [6.07, 6.45) is 3.69. The number of thioether (sulfide) groups is 1. The number of amides is 1. The molecule has 1 aromatic heterocycles. The molecule has 21 heavy (non-hydrogen) atoms. The molecule has 0 aliphatic carbocycles. The van der Waals surface area contributed by atoms with Crippen LogP contribution < -0.4 is 5.32 Å². The molecule has 0 radical (unpaired) electrons. The van der Waals surface area contributed by atoms with Gasteiger partial charge in [-0.2, -0.15) is 5.10 Å². The normalized spacial score (nSPS) is 10.4. The van der Waals surface area contributed by atoms with E-state index in [1.165, 1.54) is 11.8 Å². The second kappa shape index (κ2) is 9.41. The standard InChI is InChI=1S/C13H21N3O4S/c1-4-20-13(18)10-11(15-16-12(10)21-3)14-9(17)7-5-6-8-19-2/h4-8H2,1-3H3,(H2,14,15,16,17). The van der Waals surface area contributed by atoms with Gasteiger partial charge in [0.25, 0.3) is 0 Å². The highest BCUT2D eigenvalue weighted by Gasteiger charge is 2.22. The number of anilines is 1. The highest BCUT2D eigenvalue weighted by Crippen LogP contribution is 2.25. The zero-order chi connectivity index (χ0) is 15.7. The summed E-state index contributed by atoms with van der Waals surface area (Å²) in [7, 11) is 1.63. The topological polar surface area (TPSA) is 93.3 Å². The van der Waals surface area contributed by atoms with Crippen LogP contribution in [0.15, 0.2) is 5.03 Å². The smallest absolute Gasteiger partial charge is 0.344 e. The minimum Gasteiger partial charge on any atom is -0.462 e. The molecule has 8 heteroatoms. The van der Waals surface area contributed by atoms with Crippen LogP contribution in [0.2, 0.25) is 0 Å². The van der Waals surface area contributed by atoms with E-state index in [2.05, 4.69) is 15.5 Å². The fraction of sp³-hybridized carbons (Fsp3) is 0.615. The Bertz CT molecular complexity index is 476. The minimum atomic E-state index is -0.495. The lowest BCUT2D eigenvalue weighted by atomic mass is 10.2. The molecule has 0 saturated carbocycles. The van der Waals surface area contributed by atoms with Crippen molar-refractivity contribution in [3.05, 3.63) is 5.56 Å². The maximum Gasteiger partial charge on any atom is 0.344 e. The molecule has 1 rings (SSSR count). The summed E-state index contributed by atoms with van der Waals surface area (Å²) in [5.41, 5.74) is 0.273. The molecule has 0 aliphatic rings. The second-order valence-electron chi connectivity index (χ2n) is 4.20. The minimum absolute atomic E-state index is 0.173. The Morgan fingerprint density at radius 3 is 2.76 bits per heavy atom. The van der Waals surface area contributed by atoms with Gasteiger partial charge in [-0.25, -0.2) is 4.79 Å². The molecule has 1 heterocycles. The van der Waals surface area contributed by atoms with Crippen LogP contribution in [0.1, 0.15) is 36.5 Å². The van der Waals surface area contributed by atoms with Crippen molar-refractivity contribution in [1.29, 1.82) is 0 Å². The molecular weight excluding hydrogens is 294 g/mol. The predicted octanol–water partition coefficient (Wildman–Crippen LogP) is 2.06. The molecule has 118 valence electrons. The first-order valence-electron chi connectivity index (χ1n) is 6.72. The van der Waals surface area contributed by atoms with Gasteiger partial charge in [0.15, 0.2) is 0 Å². The van der Waals surface area contributed by atoms with Gasteiger partial charge < -0.3 is 14.8 Å². The summed E-state index contributed by atoms with van der Waals surface area (Å²) < 4.78 is 9.91. The molecule has 1 amide bonds. The Hall–Kier alpha value is -1.54. The van der Waals surface area contributed by atoms with E-state index in [1.54, 1.807) is 20.3 Å². The molecule has 0 aromatic carbocycles. The van der Waals surface area contributed by atoms with Crippen LogP contribution in [0.3, 0.4) is 0 Å². The van der Waals surface area contributed by atoms with E-state index in [9.17, 15) is 9.59 Å². The predicted molar refractivity (Wildman–Crippen MR) is 80.7 cm³/mol. The number of H-pyrrole nitrogens is 1. The highest BCUT2D eigenvalue weighted by molar-refractivity contribution is 7.98. The number of nitrogens with zero attached hydrogens (tertiary/aromatic N) is 1. The van der Waals surface area contributed by atoms with Crippen LogP contribution in [0.4, 0.5) is 5.82 Å². The number of unbranched alkanes of at least 4 members (excludes halogenated alkanes) is 1. The Morgan fingerprint density at radius 1 is 1.38 bits per heavy atom. The van der Waals surface area contributed by atoms with Crippen molar-refractivity contribution in [2.24, 2.45) is 0 Å². The van der Waals surface area contributed by atoms with Gasteiger partial charge in [0.2, 0.25) is 5.91 Å². The first kappa shape index (κ1) is 17.5. The van der Waals surface area contributed by atoms with Crippen LogP contribution in [0.25, 0.3) is 0 Å². The molecule has 0 saturated heterocycles. The van der Waals surface area contributed by atoms with Crippen molar-refractivity contribution >= 4 is 29.5 Å². The fourth-order valence-corrected chi connectivity index (χ4v) is 2.22. The van der Waals surface area contributed by atoms with Gasteiger partial charge in [-0.05, 0) is 26.0 Å². The van der Waals surface area contributed by atoms with Crippen LogP contribution in [-0.2, 0) is 14.3 Å². The Balaban J connectivity index is 2.67. The van der Waals surface area contributed by atoms with Crippen LogP contribution in [0.5, 0.6) is 0 Å². The van der Waals surface area contributed by atoms with E-state index in [4.69, 9.17) is 9.47 Å². The molecule has 0 unspecified atom stereocenters. The highest BCUT2D eigenvalue weighted by atomic mass is 32.2. The fourth-order valence-electron chi connectivity index (χ4n) is 1.69. The van der Waals surface area contributed by atoms with Gasteiger partial charge in [0, 0.05) is 20.1 Å². The van der Waals surface area contributed by atoms with Crippen LogP contribution in [0, 0.1) is 0 Å². The van der Waals surface area contributed by atoms with E-state index >= 15 is 0 Å². The lowest BCUT2D eigenvalue weighted by Gasteiger charge is -2.06. The third kappa shape index (κ3) is 5.39. The zero-order valence-electron chi connectivity index (χ0n) is 12.5. The third-order valence-corrected chi connectivity index (χ3v) is 3.35. The molecule has 2 N–H and O–H groups in total. The SMILES string of the molecule is CCOC(=O)c1c(SC)n[nH]c1NC(=O)CCCCOC. The first-order chi connectivity index (χ1) is 10.1. The summed E-state index contributed by atoms with van der Waals surface area (Å²) in [6, 6.07) is 0. The number of methoxy groups -OCH3 is 1. The van der Waals surface area contributed by atoms with Crippen molar-refractivity contribution in [3.63, 3.8) is 0 Å². The zero-order valence-corrected chi connectivity index (χ0v) is 13.3. The number of hydrogen-bond acceptors (Lipinski definition) is 6. The number of aromatic nitrogens is 2. The molecule has 0 aliphatic heterocycles. The number of ether oxygens (including phenoxy) is 2. The number of carbonyl (C=O) groups is 2. The Labute approximate surface area is 128 Å². The maximum absolute atomic E-state index is 11.9. The first-order valence-corrected chi connectivity index (χ1v) is 7.94. The molecule has 7 nitrogen and oxygen atoms in total.